The minimum absolute atomic E-state index is 0.173. The number of nitrogens with zero attached hydrogens (tertiary/aromatic N) is 1. The molecular weight excluding hydrogens is 224 g/mol. The number of rotatable bonds is 4. The molecule has 1 aliphatic rings. The van der Waals surface area contributed by atoms with Crippen LogP contribution >= 0.6 is 11.6 Å². The Balaban J connectivity index is 1.89. The Morgan fingerprint density at radius 1 is 1.38 bits per heavy atom. The molecule has 0 spiro atoms. The van der Waals surface area contributed by atoms with Crippen molar-refractivity contribution in [2.45, 2.75) is 18.9 Å². The summed E-state index contributed by atoms with van der Waals surface area (Å²) in [7, 11) is 0. The van der Waals surface area contributed by atoms with E-state index in [1.54, 1.807) is 0 Å². The Labute approximate surface area is 100 Å². The molecule has 2 rings (SSSR count). The molecule has 1 aromatic rings. The first kappa shape index (κ1) is 11.4. The van der Waals surface area contributed by atoms with Gasteiger partial charge >= 0.3 is 0 Å². The maximum atomic E-state index is 5.82. The Kier molecular flexibility index (Phi) is 3.80. The molecule has 3 nitrogen and oxygen atoms in total. The lowest BCUT2D eigenvalue weighted by Crippen LogP contribution is -2.18. The monoisotopic (exact) mass is 238 g/mol. The summed E-state index contributed by atoms with van der Waals surface area (Å²) < 4.78 is 5.67. The predicted octanol–water partition coefficient (Wildman–Crippen LogP) is 2.03. The Morgan fingerprint density at radius 3 is 2.81 bits per heavy atom. The van der Waals surface area contributed by atoms with E-state index in [4.69, 9.17) is 22.1 Å². The van der Waals surface area contributed by atoms with Gasteiger partial charge in [-0.2, -0.15) is 0 Å². The second-order valence-electron chi connectivity index (χ2n) is 3.85. The summed E-state index contributed by atoms with van der Waals surface area (Å²) in [6, 6.07) is 7.74. The first-order valence-electron chi connectivity index (χ1n) is 5.42. The molecule has 0 aliphatic carbocycles. The number of hydrogen-bond donors (Lipinski definition) is 1. The minimum atomic E-state index is 0.173. The number of aliphatic imine (C=N–C) groups is 1. The average Bonchev–Trinajstić information content (AvgIpc) is 2.70. The van der Waals surface area contributed by atoms with Gasteiger partial charge in [-0.25, -0.2) is 0 Å². The van der Waals surface area contributed by atoms with Crippen molar-refractivity contribution in [3.63, 3.8) is 0 Å². The molecule has 1 aromatic carbocycles. The molecule has 1 atom stereocenters. The van der Waals surface area contributed by atoms with E-state index in [9.17, 15) is 0 Å². The molecule has 4 heteroatoms. The molecule has 0 radical (unpaired) electrons. The zero-order valence-electron chi connectivity index (χ0n) is 9.03. The van der Waals surface area contributed by atoms with Gasteiger partial charge in [0.05, 0.1) is 6.54 Å². The highest BCUT2D eigenvalue weighted by molar-refractivity contribution is 6.30. The van der Waals surface area contributed by atoms with E-state index in [1.165, 1.54) is 0 Å². The number of hydrogen-bond acceptors (Lipinski definition) is 3. The van der Waals surface area contributed by atoms with Crippen LogP contribution in [0.15, 0.2) is 29.3 Å². The highest BCUT2D eigenvalue weighted by atomic mass is 35.5. The normalized spacial score (nSPS) is 19.4. The second kappa shape index (κ2) is 5.32. The minimum Gasteiger partial charge on any atom is -0.475 e. The van der Waals surface area contributed by atoms with Gasteiger partial charge in [0.2, 0.25) is 0 Å². The fourth-order valence-electron chi connectivity index (χ4n) is 1.68. The van der Waals surface area contributed by atoms with Crippen molar-refractivity contribution in [1.29, 1.82) is 0 Å². The van der Waals surface area contributed by atoms with Crippen LogP contribution in [0, 0.1) is 0 Å². The molecule has 1 unspecified atom stereocenters. The van der Waals surface area contributed by atoms with Crippen molar-refractivity contribution in [3.8, 4) is 0 Å². The van der Waals surface area contributed by atoms with Gasteiger partial charge in [-0.1, -0.05) is 23.7 Å². The fraction of sp³-hybridized carbons (Fsp3) is 0.417. The smallest absolute Gasteiger partial charge is 0.188 e. The van der Waals surface area contributed by atoms with E-state index in [-0.39, 0.29) is 6.10 Å². The third-order valence-electron chi connectivity index (χ3n) is 2.53. The second-order valence-corrected chi connectivity index (χ2v) is 4.29. The number of nitrogens with two attached hydrogens (primary N) is 1. The van der Waals surface area contributed by atoms with Crippen LogP contribution in [0.1, 0.15) is 12.0 Å². The first-order chi connectivity index (χ1) is 7.78. The first-order valence-corrected chi connectivity index (χ1v) is 5.80. The lowest BCUT2D eigenvalue weighted by atomic mass is 10.1. The van der Waals surface area contributed by atoms with E-state index in [0.29, 0.717) is 6.54 Å². The number of ether oxygens (including phenoxy) is 1. The summed E-state index contributed by atoms with van der Waals surface area (Å²) in [6.45, 7) is 1.38. The number of benzene rings is 1. The van der Waals surface area contributed by atoms with Gasteiger partial charge in [-0.05, 0) is 30.7 Å². The van der Waals surface area contributed by atoms with Crippen LogP contribution in [0.4, 0.5) is 0 Å². The van der Waals surface area contributed by atoms with Crippen LogP contribution in [0.25, 0.3) is 0 Å². The summed E-state index contributed by atoms with van der Waals surface area (Å²) in [4.78, 5) is 4.36. The molecule has 0 aromatic heterocycles. The van der Waals surface area contributed by atoms with Crippen molar-refractivity contribution in [2.24, 2.45) is 10.7 Å². The fourth-order valence-corrected chi connectivity index (χ4v) is 1.81. The number of halogens is 1. The highest BCUT2D eigenvalue weighted by Crippen LogP contribution is 2.14. The van der Waals surface area contributed by atoms with Crippen LogP contribution in [0.2, 0.25) is 5.02 Å². The van der Waals surface area contributed by atoms with Gasteiger partial charge in [-0.3, -0.25) is 4.99 Å². The van der Waals surface area contributed by atoms with Crippen molar-refractivity contribution in [3.05, 3.63) is 34.9 Å². The Hall–Kier alpha value is -1.06. The molecule has 0 bridgehead atoms. The largest absolute Gasteiger partial charge is 0.475 e. The van der Waals surface area contributed by atoms with Crippen molar-refractivity contribution < 1.29 is 4.74 Å². The van der Waals surface area contributed by atoms with E-state index >= 15 is 0 Å². The SMILES string of the molecule is NCCC1CN=C(Cc2ccc(Cl)cc2)O1. The van der Waals surface area contributed by atoms with Crippen LogP contribution in [0.5, 0.6) is 0 Å². The van der Waals surface area contributed by atoms with E-state index in [0.717, 1.165) is 35.9 Å². The summed E-state index contributed by atoms with van der Waals surface area (Å²) in [5.74, 6) is 0.806. The summed E-state index contributed by atoms with van der Waals surface area (Å²) in [5, 5.41) is 0.749. The lowest BCUT2D eigenvalue weighted by Gasteiger charge is -2.09. The standard InChI is InChI=1S/C12H15ClN2O/c13-10-3-1-9(2-4-10)7-12-15-8-11(16-12)5-6-14/h1-4,11H,5-8,14H2. The maximum Gasteiger partial charge on any atom is 0.188 e. The summed E-state index contributed by atoms with van der Waals surface area (Å²) >= 11 is 5.82. The molecule has 0 saturated heterocycles. The summed E-state index contributed by atoms with van der Waals surface area (Å²) in [6.07, 6.45) is 1.78. The summed E-state index contributed by atoms with van der Waals surface area (Å²) in [5.41, 5.74) is 6.64. The van der Waals surface area contributed by atoms with Gasteiger partial charge in [0.25, 0.3) is 0 Å². The quantitative estimate of drug-likeness (QED) is 0.873. The lowest BCUT2D eigenvalue weighted by molar-refractivity contribution is 0.212. The van der Waals surface area contributed by atoms with Crippen LogP contribution in [-0.2, 0) is 11.2 Å². The van der Waals surface area contributed by atoms with E-state index in [1.807, 2.05) is 24.3 Å². The Bertz CT molecular complexity index is 375. The van der Waals surface area contributed by atoms with Gasteiger partial charge in [0, 0.05) is 11.4 Å². The predicted molar refractivity (Wildman–Crippen MR) is 66.0 cm³/mol. The molecule has 0 saturated carbocycles. The van der Waals surface area contributed by atoms with Crippen LogP contribution < -0.4 is 5.73 Å². The molecule has 1 aliphatic heterocycles. The zero-order valence-corrected chi connectivity index (χ0v) is 9.78. The van der Waals surface area contributed by atoms with Crippen LogP contribution in [0.3, 0.4) is 0 Å². The molecule has 86 valence electrons. The van der Waals surface area contributed by atoms with Gasteiger partial charge < -0.3 is 10.5 Å². The topological polar surface area (TPSA) is 47.6 Å². The third-order valence-corrected chi connectivity index (χ3v) is 2.78. The molecule has 0 fully saturated rings. The molecule has 0 amide bonds. The Morgan fingerprint density at radius 2 is 2.12 bits per heavy atom. The van der Waals surface area contributed by atoms with Crippen molar-refractivity contribution in [2.75, 3.05) is 13.1 Å². The van der Waals surface area contributed by atoms with Crippen molar-refractivity contribution >= 4 is 17.5 Å². The third kappa shape index (κ3) is 2.97. The van der Waals surface area contributed by atoms with E-state index < -0.39 is 0 Å². The average molecular weight is 239 g/mol. The van der Waals surface area contributed by atoms with E-state index in [2.05, 4.69) is 4.99 Å². The molecule has 16 heavy (non-hydrogen) atoms. The molecule has 1 heterocycles. The molecular formula is C12H15ClN2O. The van der Waals surface area contributed by atoms with Crippen molar-refractivity contribution in [1.82, 2.24) is 0 Å². The van der Waals surface area contributed by atoms with Gasteiger partial charge in [0.15, 0.2) is 5.90 Å². The zero-order chi connectivity index (χ0) is 11.4. The van der Waals surface area contributed by atoms with Crippen LogP contribution in [-0.4, -0.2) is 25.1 Å². The highest BCUT2D eigenvalue weighted by Gasteiger charge is 2.18. The maximum absolute atomic E-state index is 5.82. The van der Waals surface area contributed by atoms with Gasteiger partial charge in [0.1, 0.15) is 6.10 Å². The molecule has 2 N–H and O–H groups in total. The van der Waals surface area contributed by atoms with Gasteiger partial charge in [-0.15, -0.1) is 0 Å².